The molecule has 9 heteroatoms. The van der Waals surface area contributed by atoms with Gasteiger partial charge >= 0.3 is 0 Å². The number of aliphatic hydroxyl groups excluding tert-OH is 1. The summed E-state index contributed by atoms with van der Waals surface area (Å²) in [6, 6.07) is 9.00. The maximum Gasteiger partial charge on any atom is 0.226 e. The first-order valence-corrected chi connectivity index (χ1v) is 9.22. The van der Waals surface area contributed by atoms with Crippen LogP contribution in [0.4, 0.5) is 5.82 Å². The Hall–Kier alpha value is -2.47. The summed E-state index contributed by atoms with van der Waals surface area (Å²) >= 11 is 9.43. The van der Waals surface area contributed by atoms with Crippen LogP contribution in [-0.2, 0) is 0 Å². The highest BCUT2D eigenvalue weighted by atomic mass is 79.9. The molecule has 3 rings (SSSR count). The summed E-state index contributed by atoms with van der Waals surface area (Å²) in [4.78, 5) is 12.7. The van der Waals surface area contributed by atoms with E-state index in [9.17, 15) is 5.26 Å². The fourth-order valence-corrected chi connectivity index (χ4v) is 3.14. The fraction of sp³-hybridized carbons (Fsp3) is 0.222. The maximum absolute atomic E-state index is 9.36. The number of halogens is 2. The second-order valence-corrected chi connectivity index (χ2v) is 6.89. The van der Waals surface area contributed by atoms with E-state index in [0.717, 1.165) is 10.0 Å². The molecule has 0 radical (unpaired) electrons. The molecule has 0 bridgehead atoms. The van der Waals surface area contributed by atoms with Crippen molar-refractivity contribution in [2.24, 2.45) is 0 Å². The number of para-hydroxylation sites is 1. The molecule has 2 N–H and O–H groups in total. The Kier molecular flexibility index (Phi) is 6.06. The first-order chi connectivity index (χ1) is 13.0. The number of aromatic nitrogens is 3. The van der Waals surface area contributed by atoms with E-state index in [-0.39, 0.29) is 24.5 Å². The van der Waals surface area contributed by atoms with E-state index in [1.54, 1.807) is 18.3 Å². The van der Waals surface area contributed by atoms with Gasteiger partial charge in [-0.25, -0.2) is 9.97 Å². The number of anilines is 1. The van der Waals surface area contributed by atoms with Gasteiger partial charge in [-0.05, 0) is 46.6 Å². The van der Waals surface area contributed by atoms with Gasteiger partial charge in [-0.2, -0.15) is 10.2 Å². The highest BCUT2D eigenvalue weighted by Crippen LogP contribution is 2.32. The van der Waals surface area contributed by atoms with E-state index in [4.69, 9.17) is 21.4 Å². The Labute approximate surface area is 169 Å². The number of nitrogens with one attached hydrogen (secondary N) is 1. The minimum atomic E-state index is -0.264. The van der Waals surface area contributed by atoms with Crippen LogP contribution in [-0.4, -0.2) is 33.3 Å². The van der Waals surface area contributed by atoms with E-state index < -0.39 is 0 Å². The van der Waals surface area contributed by atoms with Gasteiger partial charge in [0.05, 0.1) is 23.6 Å². The van der Waals surface area contributed by atoms with Crippen molar-refractivity contribution in [1.82, 2.24) is 15.0 Å². The van der Waals surface area contributed by atoms with Gasteiger partial charge in [0.2, 0.25) is 5.28 Å². The Bertz CT molecular complexity index is 1020. The molecule has 0 spiro atoms. The van der Waals surface area contributed by atoms with Gasteiger partial charge in [-0.1, -0.05) is 12.1 Å². The van der Waals surface area contributed by atoms with E-state index in [1.807, 2.05) is 19.1 Å². The van der Waals surface area contributed by atoms with Gasteiger partial charge in [0, 0.05) is 16.2 Å². The SMILES string of the molecule is C[C@@H](Nc1nc(Cl)nc2ncc(Br)cc12)c1cccc(C#N)c1OCCO. The largest absolute Gasteiger partial charge is 0.489 e. The number of rotatable bonds is 6. The zero-order valence-electron chi connectivity index (χ0n) is 14.3. The predicted octanol–water partition coefficient (Wildman–Crippen LogP) is 3.86. The Morgan fingerprint density at radius 2 is 2.22 bits per heavy atom. The van der Waals surface area contributed by atoms with Crippen molar-refractivity contribution in [1.29, 1.82) is 5.26 Å². The van der Waals surface area contributed by atoms with Gasteiger partial charge in [-0.3, -0.25) is 0 Å². The minimum Gasteiger partial charge on any atom is -0.489 e. The van der Waals surface area contributed by atoms with E-state index >= 15 is 0 Å². The third-order valence-electron chi connectivity index (χ3n) is 3.81. The van der Waals surface area contributed by atoms with Gasteiger partial charge in [-0.15, -0.1) is 0 Å². The second kappa shape index (κ2) is 8.48. The molecule has 2 aromatic heterocycles. The number of ether oxygens (including phenoxy) is 1. The van der Waals surface area contributed by atoms with Gasteiger partial charge in [0.15, 0.2) is 5.65 Å². The molecule has 1 atom stereocenters. The van der Waals surface area contributed by atoms with Crippen LogP contribution in [0.2, 0.25) is 5.28 Å². The Morgan fingerprint density at radius 3 is 2.96 bits per heavy atom. The van der Waals surface area contributed by atoms with Gasteiger partial charge < -0.3 is 15.2 Å². The number of hydrogen-bond acceptors (Lipinski definition) is 7. The van der Waals surface area contributed by atoms with Gasteiger partial charge in [0.25, 0.3) is 0 Å². The number of aliphatic hydroxyl groups is 1. The molecule has 0 aliphatic heterocycles. The van der Waals surface area contributed by atoms with E-state index in [2.05, 4.69) is 42.3 Å². The first-order valence-electron chi connectivity index (χ1n) is 8.05. The van der Waals surface area contributed by atoms with E-state index in [0.29, 0.717) is 28.2 Å². The smallest absolute Gasteiger partial charge is 0.226 e. The third-order valence-corrected chi connectivity index (χ3v) is 4.42. The summed E-state index contributed by atoms with van der Waals surface area (Å²) in [5, 5.41) is 22.5. The average molecular weight is 449 g/mol. The molecule has 1 aromatic carbocycles. The topological polar surface area (TPSA) is 104 Å². The van der Waals surface area contributed by atoms with Crippen molar-refractivity contribution in [2.45, 2.75) is 13.0 Å². The zero-order valence-corrected chi connectivity index (χ0v) is 16.6. The molecule has 3 aromatic rings. The van der Waals surface area contributed by atoms with Crippen LogP contribution in [0.1, 0.15) is 24.1 Å². The summed E-state index contributed by atoms with van der Waals surface area (Å²) in [6.45, 7) is 1.86. The normalized spacial score (nSPS) is 11.8. The van der Waals surface area contributed by atoms with Crippen molar-refractivity contribution >= 4 is 44.4 Å². The number of nitriles is 1. The molecule has 0 unspecified atom stereocenters. The molecule has 7 nitrogen and oxygen atoms in total. The monoisotopic (exact) mass is 447 g/mol. The van der Waals surface area contributed by atoms with Crippen LogP contribution < -0.4 is 10.1 Å². The lowest BCUT2D eigenvalue weighted by molar-refractivity contribution is 0.199. The van der Waals surface area contributed by atoms with E-state index in [1.165, 1.54) is 0 Å². The first kappa shape index (κ1) is 19.3. The highest BCUT2D eigenvalue weighted by Gasteiger charge is 2.18. The molecular weight excluding hydrogens is 434 g/mol. The maximum atomic E-state index is 9.36. The number of pyridine rings is 1. The van der Waals surface area contributed by atoms with Crippen molar-refractivity contribution in [3.63, 3.8) is 0 Å². The summed E-state index contributed by atoms with van der Waals surface area (Å²) in [6.07, 6.45) is 1.64. The quantitative estimate of drug-likeness (QED) is 0.552. The number of fused-ring (bicyclic) bond motifs is 1. The van der Waals surface area contributed by atoms with Crippen molar-refractivity contribution < 1.29 is 9.84 Å². The fourth-order valence-electron chi connectivity index (χ4n) is 2.65. The van der Waals surface area contributed by atoms with Crippen LogP contribution >= 0.6 is 27.5 Å². The molecule has 0 saturated carbocycles. The molecule has 0 aliphatic rings. The molecule has 0 amide bonds. The van der Waals surface area contributed by atoms with Crippen LogP contribution in [0.25, 0.3) is 11.0 Å². The summed E-state index contributed by atoms with van der Waals surface area (Å²) in [5.41, 5.74) is 1.62. The average Bonchev–Trinajstić information content (AvgIpc) is 2.66. The number of nitrogens with zero attached hydrogens (tertiary/aromatic N) is 4. The number of benzene rings is 1. The van der Waals surface area contributed by atoms with Crippen molar-refractivity contribution in [3.05, 3.63) is 51.3 Å². The van der Waals surface area contributed by atoms with Crippen molar-refractivity contribution in [2.75, 3.05) is 18.5 Å². The second-order valence-electron chi connectivity index (χ2n) is 5.64. The minimum absolute atomic E-state index is 0.0783. The van der Waals surface area contributed by atoms with Gasteiger partial charge in [0.1, 0.15) is 24.2 Å². The molecule has 0 saturated heterocycles. The lowest BCUT2D eigenvalue weighted by Crippen LogP contribution is -2.13. The summed E-state index contributed by atoms with van der Waals surface area (Å²) in [7, 11) is 0. The molecule has 0 fully saturated rings. The molecule has 138 valence electrons. The standard InChI is InChI=1S/C18H15BrClN5O2/c1-10(13-4-2-3-11(8-21)15(13)27-6-5-26)23-17-14-7-12(19)9-22-16(14)24-18(20)25-17/h2-4,7,9-10,26H,5-6H2,1H3,(H,22,23,24,25)/t10-/m1/s1. The summed E-state index contributed by atoms with van der Waals surface area (Å²) in [5.74, 6) is 0.944. The van der Waals surface area contributed by atoms with Crippen LogP contribution in [0.5, 0.6) is 5.75 Å². The highest BCUT2D eigenvalue weighted by molar-refractivity contribution is 9.10. The van der Waals surface area contributed by atoms with Crippen LogP contribution in [0.3, 0.4) is 0 Å². The van der Waals surface area contributed by atoms with Crippen LogP contribution in [0, 0.1) is 11.3 Å². The Morgan fingerprint density at radius 1 is 1.41 bits per heavy atom. The molecule has 0 aliphatic carbocycles. The summed E-state index contributed by atoms with van der Waals surface area (Å²) < 4.78 is 6.39. The zero-order chi connectivity index (χ0) is 19.4. The third kappa shape index (κ3) is 4.27. The molecular formula is C18H15BrClN5O2. The number of hydrogen-bond donors (Lipinski definition) is 2. The van der Waals surface area contributed by atoms with Crippen LogP contribution in [0.15, 0.2) is 34.9 Å². The molecule has 2 heterocycles. The molecule has 27 heavy (non-hydrogen) atoms. The lowest BCUT2D eigenvalue weighted by Gasteiger charge is -2.20. The lowest BCUT2D eigenvalue weighted by atomic mass is 10.0. The predicted molar refractivity (Wildman–Crippen MR) is 106 cm³/mol. The van der Waals surface area contributed by atoms with Crippen molar-refractivity contribution in [3.8, 4) is 11.8 Å². The Balaban J connectivity index is 2.01.